The number of fused-ring (bicyclic) bond motifs is 1. The van der Waals surface area contributed by atoms with Crippen molar-refractivity contribution in [2.75, 3.05) is 0 Å². The van der Waals surface area contributed by atoms with Gasteiger partial charge in [-0.15, -0.1) is 0 Å². The van der Waals surface area contributed by atoms with Gasteiger partial charge in [0.2, 0.25) is 0 Å². The van der Waals surface area contributed by atoms with Gasteiger partial charge in [-0.2, -0.15) is 10.4 Å². The lowest BCUT2D eigenvalue weighted by Crippen LogP contribution is -2.41. The number of nitrogens with zero attached hydrogens (tertiary/aromatic N) is 6. The average molecular weight is 384 g/mol. The zero-order valence-corrected chi connectivity index (χ0v) is 16.1. The normalized spacial score (nSPS) is 15.2. The van der Waals surface area contributed by atoms with Crippen molar-refractivity contribution >= 4 is 5.65 Å². The lowest BCUT2D eigenvalue weighted by molar-refractivity contribution is -0.0498. The fraction of sp³-hybridized carbons (Fsp3) is 0.273. The summed E-state index contributed by atoms with van der Waals surface area (Å²) in [7, 11) is 0. The quantitative estimate of drug-likeness (QED) is 0.582. The summed E-state index contributed by atoms with van der Waals surface area (Å²) in [5.74, 6) is 0. The van der Waals surface area contributed by atoms with Crippen molar-refractivity contribution in [3.8, 4) is 28.5 Å². The number of rotatable bonds is 4. The van der Waals surface area contributed by atoms with Crippen molar-refractivity contribution in [2.45, 2.75) is 38.3 Å². The molecule has 4 aromatic rings. The van der Waals surface area contributed by atoms with E-state index in [1.165, 1.54) is 0 Å². The molecule has 4 aromatic heterocycles. The molecule has 7 heteroatoms. The first-order valence-electron chi connectivity index (χ1n) is 9.65. The fourth-order valence-corrected chi connectivity index (χ4v) is 3.86. The molecule has 1 saturated carbocycles. The summed E-state index contributed by atoms with van der Waals surface area (Å²) in [6, 6.07) is 9.69. The van der Waals surface area contributed by atoms with Gasteiger partial charge < -0.3 is 9.51 Å². The maximum atomic E-state index is 10.4. The summed E-state index contributed by atoms with van der Waals surface area (Å²) in [6.07, 6.45) is 10.3. The maximum absolute atomic E-state index is 10.4. The van der Waals surface area contributed by atoms with Gasteiger partial charge in [-0.25, -0.2) is 9.97 Å². The second-order valence-electron chi connectivity index (χ2n) is 7.77. The average Bonchev–Trinajstić information content (AvgIpc) is 3.31. The van der Waals surface area contributed by atoms with E-state index in [2.05, 4.69) is 21.1 Å². The zero-order chi connectivity index (χ0) is 20.0. The molecule has 0 spiro atoms. The number of pyridine rings is 2. The van der Waals surface area contributed by atoms with Crippen molar-refractivity contribution in [1.82, 2.24) is 24.1 Å². The van der Waals surface area contributed by atoms with Gasteiger partial charge in [0.1, 0.15) is 17.4 Å². The number of aromatic nitrogens is 5. The lowest BCUT2D eigenvalue weighted by atomic mass is 9.80. The summed E-state index contributed by atoms with van der Waals surface area (Å²) in [4.78, 5) is 9.11. The van der Waals surface area contributed by atoms with E-state index in [-0.39, 0.29) is 0 Å². The van der Waals surface area contributed by atoms with Gasteiger partial charge in [0.05, 0.1) is 29.7 Å². The number of imidazole rings is 1. The first kappa shape index (κ1) is 17.6. The Kier molecular flexibility index (Phi) is 3.96. The largest absolute Gasteiger partial charge is 0.388 e. The third-order valence-corrected chi connectivity index (χ3v) is 5.55. The number of nitriles is 1. The first-order valence-corrected chi connectivity index (χ1v) is 9.65. The Hall–Kier alpha value is -3.50. The van der Waals surface area contributed by atoms with Gasteiger partial charge in [0.15, 0.2) is 0 Å². The fourth-order valence-electron chi connectivity index (χ4n) is 3.86. The minimum Gasteiger partial charge on any atom is -0.388 e. The summed E-state index contributed by atoms with van der Waals surface area (Å²) in [6.45, 7) is 2.45. The molecule has 1 aliphatic carbocycles. The summed E-state index contributed by atoms with van der Waals surface area (Å²) in [5, 5.41) is 24.2. The number of aryl methyl sites for hydroxylation is 1. The van der Waals surface area contributed by atoms with Gasteiger partial charge in [0, 0.05) is 35.3 Å². The summed E-state index contributed by atoms with van der Waals surface area (Å²) in [5.41, 5.74) is 4.89. The molecule has 0 atom stereocenters. The Labute approximate surface area is 167 Å². The van der Waals surface area contributed by atoms with Gasteiger partial charge in [-0.3, -0.25) is 4.68 Å². The molecule has 144 valence electrons. The molecule has 0 aliphatic heterocycles. The molecule has 5 rings (SSSR count). The van der Waals surface area contributed by atoms with Gasteiger partial charge in [-0.1, -0.05) is 0 Å². The van der Waals surface area contributed by atoms with Crippen LogP contribution in [0.4, 0.5) is 0 Å². The number of hydrogen-bond donors (Lipinski definition) is 1. The van der Waals surface area contributed by atoms with E-state index in [9.17, 15) is 10.4 Å². The second-order valence-corrected chi connectivity index (χ2v) is 7.77. The highest BCUT2D eigenvalue weighted by molar-refractivity contribution is 5.81. The molecule has 1 aliphatic rings. The molecule has 1 fully saturated rings. The third-order valence-electron chi connectivity index (χ3n) is 5.55. The van der Waals surface area contributed by atoms with Crippen LogP contribution in [0.2, 0.25) is 0 Å². The van der Waals surface area contributed by atoms with Crippen LogP contribution in [0.15, 0.2) is 49.1 Å². The molecule has 0 saturated heterocycles. The van der Waals surface area contributed by atoms with E-state index in [1.807, 2.05) is 48.1 Å². The van der Waals surface area contributed by atoms with Crippen LogP contribution in [-0.4, -0.2) is 34.9 Å². The van der Waals surface area contributed by atoms with E-state index < -0.39 is 5.60 Å². The minimum atomic E-state index is -0.640. The highest BCUT2D eigenvalue weighted by Gasteiger charge is 2.35. The van der Waals surface area contributed by atoms with Crippen LogP contribution >= 0.6 is 0 Å². The van der Waals surface area contributed by atoms with Gasteiger partial charge in [-0.05, 0) is 50.5 Å². The SMILES string of the molecule is Cc1cn2ccc(-c3nc(C#N)ccc3-c3cnn(CC4(O)CCC4)c3)cc2n1. The molecule has 1 N–H and O–H groups in total. The van der Waals surface area contributed by atoms with Crippen LogP contribution in [0, 0.1) is 18.3 Å². The number of aliphatic hydroxyl groups is 1. The Morgan fingerprint density at radius 3 is 2.79 bits per heavy atom. The maximum Gasteiger partial charge on any atom is 0.141 e. The topological polar surface area (TPSA) is 92.0 Å². The molecule has 0 amide bonds. The van der Waals surface area contributed by atoms with Crippen molar-refractivity contribution in [2.24, 2.45) is 0 Å². The second kappa shape index (κ2) is 6.54. The Bertz CT molecular complexity index is 1260. The highest BCUT2D eigenvalue weighted by atomic mass is 16.3. The third kappa shape index (κ3) is 3.18. The van der Waals surface area contributed by atoms with Crippen LogP contribution in [0.5, 0.6) is 0 Å². The van der Waals surface area contributed by atoms with E-state index in [0.29, 0.717) is 17.9 Å². The van der Waals surface area contributed by atoms with Crippen LogP contribution in [-0.2, 0) is 6.54 Å². The molecule has 0 bridgehead atoms. The van der Waals surface area contributed by atoms with Crippen LogP contribution in [0.25, 0.3) is 28.0 Å². The first-order chi connectivity index (χ1) is 14.0. The highest BCUT2D eigenvalue weighted by Crippen LogP contribution is 2.34. The van der Waals surface area contributed by atoms with E-state index in [1.54, 1.807) is 16.9 Å². The number of hydrogen-bond acceptors (Lipinski definition) is 5. The van der Waals surface area contributed by atoms with Crippen molar-refractivity contribution in [1.29, 1.82) is 5.26 Å². The summed E-state index contributed by atoms with van der Waals surface area (Å²) >= 11 is 0. The van der Waals surface area contributed by atoms with E-state index >= 15 is 0 Å². The lowest BCUT2D eigenvalue weighted by Gasteiger charge is -2.36. The van der Waals surface area contributed by atoms with E-state index in [4.69, 9.17) is 0 Å². The molecule has 0 unspecified atom stereocenters. The van der Waals surface area contributed by atoms with E-state index in [0.717, 1.165) is 47.3 Å². The molecular weight excluding hydrogens is 364 g/mol. The Balaban J connectivity index is 1.58. The molecule has 4 heterocycles. The predicted octanol–water partition coefficient (Wildman–Crippen LogP) is 3.35. The summed E-state index contributed by atoms with van der Waals surface area (Å²) < 4.78 is 3.75. The van der Waals surface area contributed by atoms with Crippen LogP contribution in [0.3, 0.4) is 0 Å². The molecule has 7 nitrogen and oxygen atoms in total. The molecule has 0 aromatic carbocycles. The Morgan fingerprint density at radius 2 is 2.03 bits per heavy atom. The molecule has 29 heavy (non-hydrogen) atoms. The van der Waals surface area contributed by atoms with Crippen LogP contribution < -0.4 is 0 Å². The minimum absolute atomic E-state index is 0.360. The van der Waals surface area contributed by atoms with Gasteiger partial charge in [0.25, 0.3) is 0 Å². The predicted molar refractivity (Wildman–Crippen MR) is 108 cm³/mol. The smallest absolute Gasteiger partial charge is 0.141 e. The molecular formula is C22H20N6O. The van der Waals surface area contributed by atoms with Gasteiger partial charge >= 0.3 is 0 Å². The monoisotopic (exact) mass is 384 g/mol. The van der Waals surface area contributed by atoms with Crippen LogP contribution in [0.1, 0.15) is 30.7 Å². The van der Waals surface area contributed by atoms with Crippen molar-refractivity contribution in [3.63, 3.8) is 0 Å². The Morgan fingerprint density at radius 1 is 1.17 bits per heavy atom. The van der Waals surface area contributed by atoms with Crippen molar-refractivity contribution in [3.05, 3.63) is 60.4 Å². The standard InChI is InChI=1S/C22H20N6O/c1-15-12-27-8-5-16(9-20(27)25-15)21-19(4-3-18(10-23)26-21)17-11-24-28(13-17)14-22(29)6-2-7-22/h3-5,8-9,11-13,29H,2,6-7,14H2,1H3. The zero-order valence-electron chi connectivity index (χ0n) is 16.1. The van der Waals surface area contributed by atoms with Crippen molar-refractivity contribution < 1.29 is 5.11 Å². The molecule has 0 radical (unpaired) electrons.